The van der Waals surface area contributed by atoms with E-state index in [4.69, 9.17) is 5.73 Å². The van der Waals surface area contributed by atoms with E-state index in [1.165, 1.54) is 6.07 Å². The smallest absolute Gasteiger partial charge is 0.399 e. The number of anilines is 1. The molecule has 0 atom stereocenters. The van der Waals surface area contributed by atoms with Crippen LogP contribution < -0.4 is 5.73 Å². The summed E-state index contributed by atoms with van der Waals surface area (Å²) in [6.45, 7) is 0. The number of hydrogen-bond acceptors (Lipinski definition) is 3. The van der Waals surface area contributed by atoms with Crippen LogP contribution in [-0.4, -0.2) is 6.18 Å². The first kappa shape index (κ1) is 14.3. The van der Waals surface area contributed by atoms with Crippen LogP contribution >= 0.6 is 0 Å². The van der Waals surface area contributed by atoms with Gasteiger partial charge in [-0.3, -0.25) is 0 Å². The molecule has 1 aliphatic rings. The van der Waals surface area contributed by atoms with Gasteiger partial charge in [-0.15, -0.1) is 10.2 Å². The lowest BCUT2D eigenvalue weighted by Gasteiger charge is -2.17. The van der Waals surface area contributed by atoms with Crippen molar-refractivity contribution < 1.29 is 13.2 Å². The quantitative estimate of drug-likeness (QED) is 0.653. The van der Waals surface area contributed by atoms with Gasteiger partial charge in [0.2, 0.25) is 0 Å². The van der Waals surface area contributed by atoms with Gasteiger partial charge in [-0.25, -0.2) is 0 Å². The number of hydrogen-bond donors (Lipinski definition) is 1. The van der Waals surface area contributed by atoms with Crippen LogP contribution in [0, 0.1) is 0 Å². The molecule has 1 heterocycles. The van der Waals surface area contributed by atoms with Gasteiger partial charge < -0.3 is 5.73 Å². The molecular weight excluding hydrogens is 291 g/mol. The van der Waals surface area contributed by atoms with Gasteiger partial charge in [-0.1, -0.05) is 48.6 Å². The number of nitrogens with zero attached hydrogens (tertiary/aromatic N) is 2. The van der Waals surface area contributed by atoms with Crippen molar-refractivity contribution in [2.45, 2.75) is 11.8 Å². The van der Waals surface area contributed by atoms with Crippen LogP contribution in [-0.2, 0) is 5.66 Å². The molecule has 2 aromatic carbocycles. The van der Waals surface area contributed by atoms with Crippen LogP contribution in [0.4, 0.5) is 18.9 Å². The van der Waals surface area contributed by atoms with E-state index in [1.807, 2.05) is 30.3 Å². The fourth-order valence-electron chi connectivity index (χ4n) is 2.20. The first-order valence-corrected chi connectivity index (χ1v) is 6.56. The van der Waals surface area contributed by atoms with E-state index in [9.17, 15) is 13.2 Å². The van der Waals surface area contributed by atoms with Gasteiger partial charge in [0.05, 0.1) is 0 Å². The highest BCUT2D eigenvalue weighted by Crippen LogP contribution is 2.53. The molecule has 2 N–H and O–H groups in total. The van der Waals surface area contributed by atoms with E-state index < -0.39 is 11.8 Å². The Bertz CT molecular complexity index is 743. The zero-order valence-corrected chi connectivity index (χ0v) is 11.4. The van der Waals surface area contributed by atoms with Crippen LogP contribution in [0.2, 0.25) is 0 Å². The SMILES string of the molecule is Nc1ccc(/C=C/c2ccccc2)c(C2(C(F)(F)F)N=N2)c1. The number of halogens is 3. The third kappa shape index (κ3) is 2.47. The average molecular weight is 303 g/mol. The summed E-state index contributed by atoms with van der Waals surface area (Å²) in [5, 5.41) is 6.49. The molecule has 0 aromatic heterocycles. The van der Waals surface area contributed by atoms with Crippen molar-refractivity contribution in [3.8, 4) is 0 Å². The van der Waals surface area contributed by atoms with Crippen LogP contribution in [0.3, 0.4) is 0 Å². The van der Waals surface area contributed by atoms with Crippen molar-refractivity contribution in [3.63, 3.8) is 0 Å². The van der Waals surface area contributed by atoms with E-state index in [-0.39, 0.29) is 11.3 Å². The maximum Gasteiger partial charge on any atom is 0.442 e. The van der Waals surface area contributed by atoms with Gasteiger partial charge in [-0.05, 0) is 23.3 Å². The first-order chi connectivity index (χ1) is 10.4. The van der Waals surface area contributed by atoms with Gasteiger partial charge in [0.15, 0.2) is 0 Å². The van der Waals surface area contributed by atoms with Crippen molar-refractivity contribution >= 4 is 17.8 Å². The second-order valence-electron chi connectivity index (χ2n) is 4.96. The summed E-state index contributed by atoms with van der Waals surface area (Å²) in [6, 6.07) is 13.7. The van der Waals surface area contributed by atoms with Gasteiger partial charge in [0.1, 0.15) is 0 Å². The molecule has 0 bridgehead atoms. The summed E-state index contributed by atoms with van der Waals surface area (Å²) < 4.78 is 39.6. The molecule has 3 rings (SSSR count). The Morgan fingerprint density at radius 2 is 1.64 bits per heavy atom. The lowest BCUT2D eigenvalue weighted by Crippen LogP contribution is -2.31. The molecular formula is C16H12F3N3. The standard InChI is InChI=1S/C16H12F3N3/c17-16(18,19)15(21-22-15)14-10-13(20)9-8-12(14)7-6-11-4-2-1-3-5-11/h1-10H,20H2/b7-6+. The molecule has 3 nitrogen and oxygen atoms in total. The minimum absolute atomic E-state index is 0.0489. The van der Waals surface area contributed by atoms with Crippen molar-refractivity contribution in [2.75, 3.05) is 5.73 Å². The lowest BCUT2D eigenvalue weighted by atomic mass is 9.95. The molecule has 6 heteroatoms. The third-order valence-corrected chi connectivity index (χ3v) is 3.40. The molecule has 0 radical (unpaired) electrons. The summed E-state index contributed by atoms with van der Waals surface area (Å²) in [7, 11) is 0. The van der Waals surface area contributed by atoms with Crippen LogP contribution in [0.15, 0.2) is 58.8 Å². The van der Waals surface area contributed by atoms with Gasteiger partial charge >= 0.3 is 11.8 Å². The molecule has 2 aromatic rings. The number of benzene rings is 2. The Hall–Kier alpha value is -2.63. The van der Waals surface area contributed by atoms with Crippen LogP contribution in [0.1, 0.15) is 16.7 Å². The number of nitrogens with two attached hydrogens (primary N) is 1. The molecule has 0 saturated carbocycles. The van der Waals surface area contributed by atoms with E-state index in [0.717, 1.165) is 5.56 Å². The predicted octanol–water partition coefficient (Wildman–Crippen LogP) is 4.62. The second-order valence-corrected chi connectivity index (χ2v) is 4.96. The Morgan fingerprint density at radius 3 is 2.23 bits per heavy atom. The Labute approximate surface area is 125 Å². The maximum atomic E-state index is 13.2. The molecule has 22 heavy (non-hydrogen) atoms. The maximum absolute atomic E-state index is 13.2. The van der Waals surface area contributed by atoms with Crippen molar-refractivity contribution in [1.82, 2.24) is 0 Å². The van der Waals surface area contributed by atoms with E-state index in [1.54, 1.807) is 24.3 Å². The molecule has 0 unspecified atom stereocenters. The fraction of sp³-hybridized carbons (Fsp3) is 0.125. The molecule has 1 aliphatic heterocycles. The predicted molar refractivity (Wildman–Crippen MR) is 78.8 cm³/mol. The molecule has 0 spiro atoms. The third-order valence-electron chi connectivity index (χ3n) is 3.40. The van der Waals surface area contributed by atoms with Crippen molar-refractivity contribution in [1.29, 1.82) is 0 Å². The minimum Gasteiger partial charge on any atom is -0.399 e. The van der Waals surface area contributed by atoms with E-state index in [2.05, 4.69) is 10.2 Å². The van der Waals surface area contributed by atoms with Gasteiger partial charge in [0.25, 0.3) is 0 Å². The van der Waals surface area contributed by atoms with Gasteiger partial charge in [-0.2, -0.15) is 13.2 Å². The second kappa shape index (κ2) is 4.98. The highest BCUT2D eigenvalue weighted by molar-refractivity contribution is 5.73. The summed E-state index contributed by atoms with van der Waals surface area (Å²) in [5.41, 5.74) is 4.62. The summed E-state index contributed by atoms with van der Waals surface area (Å²) in [6.07, 6.45) is -1.22. The molecule has 0 saturated heterocycles. The number of rotatable bonds is 3. The average Bonchev–Trinajstić information content (AvgIpc) is 3.28. The van der Waals surface area contributed by atoms with Crippen molar-refractivity contribution in [2.24, 2.45) is 10.2 Å². The molecule has 0 amide bonds. The topological polar surface area (TPSA) is 50.7 Å². The normalized spacial score (nSPS) is 16.1. The van der Waals surface area contributed by atoms with Crippen molar-refractivity contribution in [3.05, 3.63) is 65.2 Å². The Balaban J connectivity index is 2.01. The van der Waals surface area contributed by atoms with Gasteiger partial charge in [0, 0.05) is 11.3 Å². The highest BCUT2D eigenvalue weighted by Gasteiger charge is 2.65. The summed E-state index contributed by atoms with van der Waals surface area (Å²) in [4.78, 5) is 0. The summed E-state index contributed by atoms with van der Waals surface area (Å²) >= 11 is 0. The van der Waals surface area contributed by atoms with Crippen LogP contribution in [0.5, 0.6) is 0 Å². The Kier molecular flexibility index (Phi) is 3.24. The van der Waals surface area contributed by atoms with Crippen LogP contribution in [0.25, 0.3) is 12.2 Å². The molecule has 0 aliphatic carbocycles. The lowest BCUT2D eigenvalue weighted by molar-refractivity contribution is -0.166. The fourth-order valence-corrected chi connectivity index (χ4v) is 2.20. The monoisotopic (exact) mass is 303 g/mol. The number of alkyl halides is 3. The summed E-state index contributed by atoms with van der Waals surface area (Å²) in [5.74, 6) is 0. The molecule has 0 fully saturated rings. The number of nitrogen functional groups attached to an aromatic ring is 1. The Morgan fingerprint density at radius 1 is 0.955 bits per heavy atom. The molecule has 112 valence electrons. The highest BCUT2D eigenvalue weighted by atomic mass is 19.4. The first-order valence-electron chi connectivity index (χ1n) is 6.56. The van der Waals surface area contributed by atoms with E-state index >= 15 is 0 Å². The van der Waals surface area contributed by atoms with E-state index in [0.29, 0.717) is 5.56 Å². The largest absolute Gasteiger partial charge is 0.442 e. The zero-order valence-electron chi connectivity index (χ0n) is 11.4. The minimum atomic E-state index is -4.57. The zero-order chi connectivity index (χ0) is 15.8.